The van der Waals surface area contributed by atoms with Crippen molar-refractivity contribution < 1.29 is 33.3 Å². The van der Waals surface area contributed by atoms with Gasteiger partial charge < -0.3 is 29.2 Å². The largest absolute Gasteiger partial charge is 0.458 e. The molecule has 2 amide bonds. The Bertz CT molecular complexity index is 571. The van der Waals surface area contributed by atoms with E-state index in [0.29, 0.717) is 0 Å². The zero-order chi connectivity index (χ0) is 18.4. The molecule has 0 radical (unpaired) electrons. The van der Waals surface area contributed by atoms with Crippen LogP contribution in [0.3, 0.4) is 0 Å². The Balaban J connectivity index is 1.85. The molecule has 140 valence electrons. The maximum atomic E-state index is 12.9. The summed E-state index contributed by atoms with van der Waals surface area (Å²) < 4.78 is 21.8. The van der Waals surface area contributed by atoms with Gasteiger partial charge >= 0.3 is 12.1 Å². The minimum atomic E-state index is -1.02. The van der Waals surface area contributed by atoms with E-state index in [4.69, 9.17) is 14.2 Å². The van der Waals surface area contributed by atoms with Crippen molar-refractivity contribution in [2.75, 3.05) is 13.7 Å². The Hall–Kier alpha value is -1.87. The van der Waals surface area contributed by atoms with E-state index in [9.17, 15) is 14.4 Å². The van der Waals surface area contributed by atoms with Gasteiger partial charge in [-0.15, -0.1) is 0 Å². The molecule has 3 heterocycles. The topological polar surface area (TPSA) is 103 Å². The minimum absolute atomic E-state index is 0.0404. The van der Waals surface area contributed by atoms with Gasteiger partial charge in [-0.05, 0) is 27.2 Å². The summed E-state index contributed by atoms with van der Waals surface area (Å²) in [7, 11) is 1.20. The number of methoxy groups -OCH3 is 1. The lowest BCUT2D eigenvalue weighted by atomic mass is 10.1. The first kappa shape index (κ1) is 17.9. The molecular weight excluding hydrogens is 332 g/mol. The van der Waals surface area contributed by atoms with E-state index < -0.39 is 41.9 Å². The predicted octanol–water partition coefficient (Wildman–Crippen LogP) is 0.167. The molecule has 0 bridgehead atoms. The number of nitrogens with one attached hydrogen (secondary N) is 1. The number of nitrogens with zero attached hydrogens (tertiary/aromatic N) is 1. The highest BCUT2D eigenvalue weighted by Gasteiger charge is 2.57. The molecule has 0 aliphatic carbocycles. The highest BCUT2D eigenvalue weighted by molar-refractivity contribution is 5.92. The molecule has 3 rings (SSSR count). The second-order valence-corrected chi connectivity index (χ2v) is 6.94. The predicted molar refractivity (Wildman–Crippen MR) is 83.4 cm³/mol. The Morgan fingerprint density at radius 1 is 1.24 bits per heavy atom. The molecule has 3 aliphatic rings. The Morgan fingerprint density at radius 3 is 2.48 bits per heavy atom. The highest BCUT2D eigenvalue weighted by Crippen LogP contribution is 2.39. The molecule has 3 fully saturated rings. The zero-order valence-electron chi connectivity index (χ0n) is 14.8. The molecule has 3 aliphatic heterocycles. The number of carbonyl (C=O) groups excluding carboxylic acids is 3. The number of ether oxygens (including phenoxy) is 4. The van der Waals surface area contributed by atoms with Crippen LogP contribution < -0.4 is 5.32 Å². The number of alkyl carbamates (subject to hydrolysis) is 1. The van der Waals surface area contributed by atoms with Crippen LogP contribution in [0.2, 0.25) is 0 Å². The minimum Gasteiger partial charge on any atom is -0.458 e. The third-order valence-corrected chi connectivity index (χ3v) is 4.84. The second-order valence-electron chi connectivity index (χ2n) is 6.94. The first-order valence-electron chi connectivity index (χ1n) is 8.46. The van der Waals surface area contributed by atoms with Gasteiger partial charge in [-0.1, -0.05) is 0 Å². The molecule has 3 saturated heterocycles. The van der Waals surface area contributed by atoms with E-state index in [1.807, 2.05) is 13.8 Å². The van der Waals surface area contributed by atoms with Crippen molar-refractivity contribution in [1.29, 1.82) is 0 Å². The van der Waals surface area contributed by atoms with Crippen LogP contribution >= 0.6 is 0 Å². The molecule has 1 spiro atoms. The lowest BCUT2D eigenvalue weighted by Gasteiger charge is -2.40. The SMILES string of the molecule is COC(=O)N[C@@H]1C(=O)N2CC3(C[C@H]2C(=O)OC1C)O[C@@H](C)C[C@H](C)O3. The summed E-state index contributed by atoms with van der Waals surface area (Å²) in [5, 5.41) is 2.44. The molecule has 9 nitrogen and oxygen atoms in total. The van der Waals surface area contributed by atoms with E-state index in [-0.39, 0.29) is 25.2 Å². The van der Waals surface area contributed by atoms with Crippen molar-refractivity contribution in [1.82, 2.24) is 10.2 Å². The van der Waals surface area contributed by atoms with Crippen molar-refractivity contribution >= 4 is 18.0 Å². The summed E-state index contributed by atoms with van der Waals surface area (Å²) in [5.41, 5.74) is 0. The van der Waals surface area contributed by atoms with Gasteiger partial charge in [0, 0.05) is 6.42 Å². The number of rotatable bonds is 1. The number of fused-ring (bicyclic) bond motifs is 1. The number of esters is 1. The lowest BCUT2D eigenvalue weighted by molar-refractivity contribution is -0.303. The third kappa shape index (κ3) is 3.30. The number of hydrogen-bond donors (Lipinski definition) is 1. The first-order chi connectivity index (χ1) is 11.7. The van der Waals surface area contributed by atoms with Crippen molar-refractivity contribution in [3.8, 4) is 0 Å². The van der Waals surface area contributed by atoms with Gasteiger partial charge in [0.25, 0.3) is 0 Å². The summed E-state index contributed by atoms with van der Waals surface area (Å²) in [5.74, 6) is -1.96. The number of carbonyl (C=O) groups is 3. The van der Waals surface area contributed by atoms with Gasteiger partial charge in [0.2, 0.25) is 5.91 Å². The maximum absolute atomic E-state index is 12.9. The van der Waals surface area contributed by atoms with Gasteiger partial charge in [-0.25, -0.2) is 9.59 Å². The van der Waals surface area contributed by atoms with Crippen LogP contribution in [0.4, 0.5) is 4.79 Å². The number of hydrogen-bond acceptors (Lipinski definition) is 7. The molecule has 1 unspecified atom stereocenters. The number of amides is 2. The van der Waals surface area contributed by atoms with Gasteiger partial charge in [0.15, 0.2) is 5.79 Å². The third-order valence-electron chi connectivity index (χ3n) is 4.84. The highest BCUT2D eigenvalue weighted by atomic mass is 16.7. The smallest absolute Gasteiger partial charge is 0.407 e. The summed E-state index contributed by atoms with van der Waals surface area (Å²) >= 11 is 0. The van der Waals surface area contributed by atoms with Crippen LogP contribution in [-0.4, -0.2) is 72.7 Å². The zero-order valence-corrected chi connectivity index (χ0v) is 14.8. The monoisotopic (exact) mass is 356 g/mol. The normalized spacial score (nSPS) is 41.1. The van der Waals surface area contributed by atoms with E-state index >= 15 is 0 Å². The second kappa shape index (κ2) is 6.45. The molecule has 0 aromatic rings. The molecule has 1 N–H and O–H groups in total. The first-order valence-corrected chi connectivity index (χ1v) is 8.46. The molecule has 0 aromatic carbocycles. The number of cyclic esters (lactones) is 1. The summed E-state index contributed by atoms with van der Waals surface area (Å²) in [6, 6.07) is -1.81. The molecule has 0 saturated carbocycles. The van der Waals surface area contributed by atoms with Crippen LogP contribution in [0.15, 0.2) is 0 Å². The van der Waals surface area contributed by atoms with Crippen LogP contribution in [0.5, 0.6) is 0 Å². The standard InChI is InChI=1S/C16H24N2O7/c1-8-5-9(2)25-16(24-8)6-11-14(20)23-10(3)12(17-15(21)22-4)13(19)18(11)7-16/h8-12H,5-7H2,1-4H3,(H,17,21)/t8-,9-,10?,11-,12-/m0/s1. The molecule has 25 heavy (non-hydrogen) atoms. The van der Waals surface area contributed by atoms with Crippen LogP contribution in [0, 0.1) is 0 Å². The van der Waals surface area contributed by atoms with Crippen LogP contribution in [0.1, 0.15) is 33.6 Å². The van der Waals surface area contributed by atoms with Crippen molar-refractivity contribution in [3.63, 3.8) is 0 Å². The Kier molecular flexibility index (Phi) is 4.63. The van der Waals surface area contributed by atoms with E-state index in [0.717, 1.165) is 6.42 Å². The van der Waals surface area contributed by atoms with Gasteiger partial charge in [-0.3, -0.25) is 4.79 Å². The fraction of sp³-hybridized carbons (Fsp3) is 0.812. The van der Waals surface area contributed by atoms with Crippen LogP contribution in [-0.2, 0) is 28.5 Å². The average molecular weight is 356 g/mol. The van der Waals surface area contributed by atoms with Gasteiger partial charge in [0.05, 0.1) is 25.9 Å². The fourth-order valence-corrected chi connectivity index (χ4v) is 3.85. The van der Waals surface area contributed by atoms with Crippen LogP contribution in [0.25, 0.3) is 0 Å². The van der Waals surface area contributed by atoms with Crippen molar-refractivity contribution in [2.24, 2.45) is 0 Å². The molecular formula is C16H24N2O7. The van der Waals surface area contributed by atoms with E-state index in [2.05, 4.69) is 10.1 Å². The average Bonchev–Trinajstić information content (AvgIpc) is 2.85. The quantitative estimate of drug-likeness (QED) is 0.668. The van der Waals surface area contributed by atoms with Crippen molar-refractivity contribution in [3.05, 3.63) is 0 Å². The van der Waals surface area contributed by atoms with E-state index in [1.54, 1.807) is 6.92 Å². The summed E-state index contributed by atoms with van der Waals surface area (Å²) in [6.45, 7) is 5.56. The van der Waals surface area contributed by atoms with E-state index in [1.165, 1.54) is 12.0 Å². The van der Waals surface area contributed by atoms with Gasteiger partial charge in [-0.2, -0.15) is 0 Å². The Labute approximate surface area is 145 Å². The molecule has 0 aromatic heterocycles. The Morgan fingerprint density at radius 2 is 1.88 bits per heavy atom. The summed E-state index contributed by atoms with van der Waals surface area (Å²) in [4.78, 5) is 38.3. The molecule has 9 heteroatoms. The van der Waals surface area contributed by atoms with Crippen molar-refractivity contribution in [2.45, 2.75) is 69.8 Å². The fourth-order valence-electron chi connectivity index (χ4n) is 3.85. The maximum Gasteiger partial charge on any atom is 0.407 e. The summed E-state index contributed by atoms with van der Waals surface area (Å²) in [6.07, 6.45) is -0.687. The van der Waals surface area contributed by atoms with Gasteiger partial charge in [0.1, 0.15) is 18.2 Å². The lowest BCUT2D eigenvalue weighted by Crippen LogP contribution is -2.54. The molecule has 5 atom stereocenters.